The maximum Gasteiger partial charge on any atom is 0.240 e. The Morgan fingerprint density at radius 3 is 2.59 bits per heavy atom. The zero-order valence-corrected chi connectivity index (χ0v) is 16.5. The Kier molecular flexibility index (Phi) is 6.51. The fourth-order valence-corrected chi connectivity index (χ4v) is 4.62. The van der Waals surface area contributed by atoms with E-state index in [0.717, 1.165) is 43.1 Å². The van der Waals surface area contributed by atoms with Crippen molar-refractivity contribution < 1.29 is 8.42 Å². The summed E-state index contributed by atoms with van der Waals surface area (Å²) in [6.07, 6.45) is 1.87. The summed E-state index contributed by atoms with van der Waals surface area (Å²) in [4.78, 5) is 2.49. The van der Waals surface area contributed by atoms with Gasteiger partial charge in [-0.2, -0.15) is 5.26 Å². The zero-order chi connectivity index (χ0) is 19.3. The first kappa shape index (κ1) is 19.8. The molecule has 27 heavy (non-hydrogen) atoms. The minimum absolute atomic E-state index is 0.137. The number of nitrogens with zero attached hydrogens (tertiary/aromatic N) is 2. The summed E-state index contributed by atoms with van der Waals surface area (Å²) in [6.45, 7) is 3.07. The van der Waals surface area contributed by atoms with Crippen molar-refractivity contribution in [2.75, 3.05) is 19.6 Å². The van der Waals surface area contributed by atoms with E-state index in [2.05, 4.69) is 9.62 Å². The van der Waals surface area contributed by atoms with Crippen LogP contribution in [-0.2, 0) is 16.6 Å². The smallest absolute Gasteiger partial charge is 0.240 e. The second-order valence-electron chi connectivity index (χ2n) is 6.80. The number of benzene rings is 2. The molecule has 0 amide bonds. The number of halogens is 1. The summed E-state index contributed by atoms with van der Waals surface area (Å²) in [5, 5.41) is 9.72. The number of piperidine rings is 1. The third-order valence-electron chi connectivity index (χ3n) is 4.89. The summed E-state index contributed by atoms with van der Waals surface area (Å²) in [6, 6.07) is 15.9. The fraction of sp³-hybridized carbons (Fsp3) is 0.350. The Bertz CT molecular complexity index is 932. The number of rotatable bonds is 6. The molecule has 1 heterocycles. The third kappa shape index (κ3) is 5.30. The normalized spacial score (nSPS) is 16.1. The van der Waals surface area contributed by atoms with Crippen molar-refractivity contribution in [3.8, 4) is 6.07 Å². The van der Waals surface area contributed by atoms with E-state index in [0.29, 0.717) is 18.0 Å². The lowest BCUT2D eigenvalue weighted by molar-refractivity contribution is 0.178. The van der Waals surface area contributed by atoms with E-state index in [1.165, 1.54) is 12.1 Å². The van der Waals surface area contributed by atoms with Crippen LogP contribution in [0.2, 0.25) is 5.02 Å². The minimum atomic E-state index is -3.59. The minimum Gasteiger partial charge on any atom is -0.299 e. The molecule has 2 aromatic rings. The molecule has 1 aliphatic rings. The van der Waals surface area contributed by atoms with Crippen molar-refractivity contribution >= 4 is 21.6 Å². The van der Waals surface area contributed by atoms with Gasteiger partial charge in [0.15, 0.2) is 0 Å². The number of likely N-dealkylation sites (tertiary alicyclic amines) is 1. The van der Waals surface area contributed by atoms with Gasteiger partial charge in [0, 0.05) is 18.1 Å². The van der Waals surface area contributed by atoms with Gasteiger partial charge in [0.1, 0.15) is 0 Å². The molecule has 142 valence electrons. The van der Waals surface area contributed by atoms with Gasteiger partial charge in [0.2, 0.25) is 10.0 Å². The Morgan fingerprint density at radius 1 is 1.15 bits per heavy atom. The lowest BCUT2D eigenvalue weighted by atomic mass is 9.97. The second kappa shape index (κ2) is 8.85. The van der Waals surface area contributed by atoms with Crippen molar-refractivity contribution in [3.05, 3.63) is 64.7 Å². The van der Waals surface area contributed by atoms with E-state index in [9.17, 15) is 8.42 Å². The van der Waals surface area contributed by atoms with Crippen LogP contribution in [0.5, 0.6) is 0 Å². The summed E-state index contributed by atoms with van der Waals surface area (Å²) in [5.74, 6) is 0.307. The molecule has 1 fully saturated rings. The van der Waals surface area contributed by atoms with E-state index in [4.69, 9.17) is 16.9 Å². The van der Waals surface area contributed by atoms with E-state index < -0.39 is 10.0 Å². The molecule has 0 aliphatic carbocycles. The van der Waals surface area contributed by atoms with E-state index >= 15 is 0 Å². The molecule has 0 bridgehead atoms. The molecule has 0 unspecified atom stereocenters. The van der Waals surface area contributed by atoms with Crippen molar-refractivity contribution in [2.24, 2.45) is 5.92 Å². The zero-order valence-electron chi connectivity index (χ0n) is 14.9. The predicted molar refractivity (Wildman–Crippen MR) is 106 cm³/mol. The molecule has 1 aliphatic heterocycles. The topological polar surface area (TPSA) is 73.2 Å². The molecule has 3 rings (SSSR count). The van der Waals surface area contributed by atoms with Crippen molar-refractivity contribution in [1.29, 1.82) is 5.26 Å². The average Bonchev–Trinajstić information content (AvgIpc) is 2.69. The Balaban J connectivity index is 1.50. The van der Waals surface area contributed by atoms with Gasteiger partial charge in [-0.3, -0.25) is 4.90 Å². The van der Waals surface area contributed by atoms with Crippen molar-refractivity contribution in [3.63, 3.8) is 0 Å². The number of hydrogen-bond acceptors (Lipinski definition) is 4. The number of sulfonamides is 1. The molecule has 5 nitrogen and oxygen atoms in total. The molecule has 0 saturated carbocycles. The first-order valence-electron chi connectivity index (χ1n) is 8.93. The molecule has 2 aromatic carbocycles. The standard InChI is InChI=1S/C20H22ClN3O2S/c21-20-7-2-1-5-18(20)15-24-10-8-16(9-11-24)14-23-27(25,26)19-6-3-4-17(12-19)13-22/h1-7,12,16,23H,8-11,14-15H2. The molecule has 0 atom stereocenters. The molecular formula is C20H22ClN3O2S. The molecule has 1 saturated heterocycles. The second-order valence-corrected chi connectivity index (χ2v) is 8.98. The highest BCUT2D eigenvalue weighted by molar-refractivity contribution is 7.89. The highest BCUT2D eigenvalue weighted by Gasteiger charge is 2.22. The maximum atomic E-state index is 12.4. The molecule has 0 spiro atoms. The predicted octanol–water partition coefficient (Wildman–Crippen LogP) is 3.40. The lowest BCUT2D eigenvalue weighted by Crippen LogP contribution is -2.38. The first-order valence-corrected chi connectivity index (χ1v) is 10.8. The van der Waals surface area contributed by atoms with Gasteiger partial charge < -0.3 is 0 Å². The SMILES string of the molecule is N#Cc1cccc(S(=O)(=O)NCC2CCN(Cc3ccccc3Cl)CC2)c1. The van der Waals surface area contributed by atoms with Crippen LogP contribution in [0.1, 0.15) is 24.0 Å². The van der Waals surface area contributed by atoms with Gasteiger partial charge in [0.25, 0.3) is 0 Å². The van der Waals surface area contributed by atoms with Gasteiger partial charge >= 0.3 is 0 Å². The summed E-state index contributed by atoms with van der Waals surface area (Å²) in [7, 11) is -3.59. The van der Waals surface area contributed by atoms with Crippen LogP contribution in [0.15, 0.2) is 53.4 Å². The maximum absolute atomic E-state index is 12.4. The van der Waals surface area contributed by atoms with Gasteiger partial charge in [-0.25, -0.2) is 13.1 Å². The Hall–Kier alpha value is -1.91. The van der Waals surface area contributed by atoms with Crippen LogP contribution < -0.4 is 4.72 Å². The van der Waals surface area contributed by atoms with Crippen LogP contribution in [0.3, 0.4) is 0 Å². The Morgan fingerprint density at radius 2 is 1.89 bits per heavy atom. The summed E-state index contributed by atoms with van der Waals surface area (Å²) >= 11 is 6.23. The summed E-state index contributed by atoms with van der Waals surface area (Å²) < 4.78 is 27.6. The van der Waals surface area contributed by atoms with E-state index in [-0.39, 0.29) is 4.90 Å². The highest BCUT2D eigenvalue weighted by Crippen LogP contribution is 2.22. The van der Waals surface area contributed by atoms with Crippen LogP contribution >= 0.6 is 11.6 Å². The van der Waals surface area contributed by atoms with E-state index in [1.54, 1.807) is 12.1 Å². The van der Waals surface area contributed by atoms with E-state index in [1.807, 2.05) is 30.3 Å². The van der Waals surface area contributed by atoms with Crippen molar-refractivity contribution in [2.45, 2.75) is 24.3 Å². The fourth-order valence-electron chi connectivity index (χ4n) is 3.26. The lowest BCUT2D eigenvalue weighted by Gasteiger charge is -2.32. The molecule has 1 N–H and O–H groups in total. The van der Waals surface area contributed by atoms with Crippen LogP contribution in [0, 0.1) is 17.2 Å². The quantitative estimate of drug-likeness (QED) is 0.802. The number of nitrogens with one attached hydrogen (secondary N) is 1. The monoisotopic (exact) mass is 403 g/mol. The van der Waals surface area contributed by atoms with Gasteiger partial charge in [0.05, 0.1) is 16.5 Å². The largest absolute Gasteiger partial charge is 0.299 e. The highest BCUT2D eigenvalue weighted by atomic mass is 35.5. The van der Waals surface area contributed by atoms with Crippen molar-refractivity contribution in [1.82, 2.24) is 9.62 Å². The number of nitriles is 1. The first-order chi connectivity index (χ1) is 13.0. The molecular weight excluding hydrogens is 382 g/mol. The van der Waals surface area contributed by atoms with Gasteiger partial charge in [-0.1, -0.05) is 35.9 Å². The van der Waals surface area contributed by atoms with Crippen LogP contribution in [-0.4, -0.2) is 33.0 Å². The summed E-state index contributed by atoms with van der Waals surface area (Å²) in [5.41, 5.74) is 1.46. The molecule has 7 heteroatoms. The molecule has 0 aromatic heterocycles. The van der Waals surface area contributed by atoms with Gasteiger partial charge in [-0.05, 0) is 61.7 Å². The average molecular weight is 404 g/mol. The number of hydrogen-bond donors (Lipinski definition) is 1. The van der Waals surface area contributed by atoms with Gasteiger partial charge in [-0.15, -0.1) is 0 Å². The van der Waals surface area contributed by atoms with Crippen LogP contribution in [0.4, 0.5) is 0 Å². The Labute approximate surface area is 165 Å². The third-order valence-corrected chi connectivity index (χ3v) is 6.68. The molecule has 0 radical (unpaired) electrons. The van der Waals surface area contributed by atoms with Crippen LogP contribution in [0.25, 0.3) is 0 Å².